The Balaban J connectivity index is 2.71. The first-order chi connectivity index (χ1) is 10.3. The van der Waals surface area contributed by atoms with E-state index in [1.807, 2.05) is 0 Å². The molecule has 0 aliphatic heterocycles. The van der Waals surface area contributed by atoms with Gasteiger partial charge in [0.25, 0.3) is 10.1 Å². The Kier molecular flexibility index (Phi) is 6.20. The van der Waals surface area contributed by atoms with Gasteiger partial charge >= 0.3 is 5.97 Å². The summed E-state index contributed by atoms with van der Waals surface area (Å²) in [6, 6.07) is -0.786. The van der Waals surface area contributed by atoms with Crippen molar-refractivity contribution in [2.45, 2.75) is 70.8 Å². The zero-order valence-electron chi connectivity index (χ0n) is 14.3. The molecule has 0 aromatic heterocycles. The normalized spacial score (nSPS) is 23.6. The van der Waals surface area contributed by atoms with Crippen LogP contribution in [0.2, 0.25) is 0 Å². The molecule has 8 heteroatoms. The first kappa shape index (κ1) is 19.9. The minimum Gasteiger partial charge on any atom is -0.458 e. The largest absolute Gasteiger partial charge is 0.458 e. The van der Waals surface area contributed by atoms with Gasteiger partial charge in [-0.15, -0.1) is 0 Å². The molecule has 7 nitrogen and oxygen atoms in total. The van der Waals surface area contributed by atoms with Gasteiger partial charge in [-0.1, -0.05) is 13.8 Å². The summed E-state index contributed by atoms with van der Waals surface area (Å²) >= 11 is 0. The second-order valence-corrected chi connectivity index (χ2v) is 9.11. The van der Waals surface area contributed by atoms with Crippen LogP contribution >= 0.6 is 0 Å². The highest BCUT2D eigenvalue weighted by Gasteiger charge is 2.38. The Morgan fingerprint density at radius 1 is 1.22 bits per heavy atom. The van der Waals surface area contributed by atoms with Crippen molar-refractivity contribution >= 4 is 22.0 Å². The van der Waals surface area contributed by atoms with E-state index in [2.05, 4.69) is 5.32 Å². The molecule has 1 aliphatic rings. The Morgan fingerprint density at radius 3 is 2.17 bits per heavy atom. The number of nitrogens with one attached hydrogen (secondary N) is 1. The average Bonchev–Trinajstić information content (AvgIpc) is 2.82. The summed E-state index contributed by atoms with van der Waals surface area (Å²) in [7, 11) is -4.13. The highest BCUT2D eigenvalue weighted by molar-refractivity contribution is 7.86. The van der Waals surface area contributed by atoms with Crippen molar-refractivity contribution in [3.05, 3.63) is 0 Å². The number of amides is 1. The van der Waals surface area contributed by atoms with Gasteiger partial charge < -0.3 is 10.1 Å². The number of carbonyl (C=O) groups excluding carboxylic acids is 2. The number of hydrogen-bond acceptors (Lipinski definition) is 5. The van der Waals surface area contributed by atoms with Crippen LogP contribution in [0.15, 0.2) is 0 Å². The summed E-state index contributed by atoms with van der Waals surface area (Å²) in [6.45, 7) is 8.84. The third kappa shape index (κ3) is 6.10. The summed E-state index contributed by atoms with van der Waals surface area (Å²) in [5.41, 5.74) is -0.654. The predicted molar refractivity (Wildman–Crippen MR) is 85.3 cm³/mol. The van der Waals surface area contributed by atoms with E-state index < -0.39 is 38.9 Å². The monoisotopic (exact) mass is 349 g/mol. The standard InChI is InChI=1S/C15H27NO6S/c1-9(2)12(14(18)22-15(3,4)5)16-13(17)10-6-7-11(8-10)23(19,20)21/h9-12H,6-8H2,1-5H3,(H,16,17)(H,19,20,21)/t10?,11?,12-/m0/s1. The van der Waals surface area contributed by atoms with E-state index in [9.17, 15) is 18.0 Å². The SMILES string of the molecule is CC(C)[C@H](NC(=O)C1CCC(S(=O)(=O)O)C1)C(=O)OC(C)(C)C. The molecule has 0 saturated heterocycles. The molecule has 0 radical (unpaired) electrons. The van der Waals surface area contributed by atoms with Crippen molar-refractivity contribution < 1.29 is 27.3 Å². The summed E-state index contributed by atoms with van der Waals surface area (Å²) in [4.78, 5) is 24.5. The molecule has 0 heterocycles. The van der Waals surface area contributed by atoms with E-state index in [1.54, 1.807) is 34.6 Å². The van der Waals surface area contributed by atoms with Gasteiger partial charge in [-0.2, -0.15) is 8.42 Å². The van der Waals surface area contributed by atoms with Gasteiger partial charge in [-0.25, -0.2) is 4.79 Å². The van der Waals surface area contributed by atoms with E-state index in [4.69, 9.17) is 9.29 Å². The lowest BCUT2D eigenvalue weighted by Gasteiger charge is -2.27. The molecule has 0 aromatic carbocycles. The third-order valence-corrected chi connectivity index (χ3v) is 5.07. The minimum absolute atomic E-state index is 0.0732. The molecule has 1 amide bonds. The number of rotatable bonds is 5. The minimum atomic E-state index is -4.13. The summed E-state index contributed by atoms with van der Waals surface area (Å²) in [6.07, 6.45) is 0.689. The first-order valence-electron chi connectivity index (χ1n) is 7.81. The molecule has 1 saturated carbocycles. The summed E-state index contributed by atoms with van der Waals surface area (Å²) in [5.74, 6) is -1.57. The van der Waals surface area contributed by atoms with Crippen LogP contribution in [0.3, 0.4) is 0 Å². The smallest absolute Gasteiger partial charge is 0.329 e. The van der Waals surface area contributed by atoms with Crippen molar-refractivity contribution in [1.82, 2.24) is 5.32 Å². The third-order valence-electron chi connectivity index (χ3n) is 3.80. The maximum atomic E-state index is 12.3. The van der Waals surface area contributed by atoms with Gasteiger partial charge in [0, 0.05) is 5.92 Å². The van der Waals surface area contributed by atoms with Crippen LogP contribution in [-0.4, -0.2) is 41.7 Å². The summed E-state index contributed by atoms with van der Waals surface area (Å²) in [5, 5.41) is 1.76. The maximum absolute atomic E-state index is 12.3. The fourth-order valence-corrected chi connectivity index (χ4v) is 3.49. The number of carbonyl (C=O) groups is 2. The van der Waals surface area contributed by atoms with Crippen LogP contribution in [0.1, 0.15) is 53.9 Å². The van der Waals surface area contributed by atoms with Gasteiger partial charge in [0.2, 0.25) is 5.91 Å². The Morgan fingerprint density at radius 2 is 1.78 bits per heavy atom. The van der Waals surface area contributed by atoms with Crippen LogP contribution in [-0.2, 0) is 24.4 Å². The van der Waals surface area contributed by atoms with Crippen molar-refractivity contribution in [3.63, 3.8) is 0 Å². The molecule has 0 bridgehead atoms. The van der Waals surface area contributed by atoms with E-state index >= 15 is 0 Å². The molecular formula is C15H27NO6S. The molecule has 134 valence electrons. The lowest BCUT2D eigenvalue weighted by molar-refractivity contribution is -0.160. The molecule has 2 N–H and O–H groups in total. The molecule has 0 spiro atoms. The van der Waals surface area contributed by atoms with Crippen LogP contribution in [0.5, 0.6) is 0 Å². The number of esters is 1. The van der Waals surface area contributed by atoms with Crippen molar-refractivity contribution in [3.8, 4) is 0 Å². The molecule has 23 heavy (non-hydrogen) atoms. The number of ether oxygens (including phenoxy) is 1. The zero-order valence-corrected chi connectivity index (χ0v) is 15.1. The molecule has 0 aromatic rings. The second kappa shape index (κ2) is 7.17. The average molecular weight is 349 g/mol. The highest BCUT2D eigenvalue weighted by Crippen LogP contribution is 2.30. The van der Waals surface area contributed by atoms with E-state index in [-0.39, 0.29) is 24.7 Å². The lowest BCUT2D eigenvalue weighted by Crippen LogP contribution is -2.48. The lowest BCUT2D eigenvalue weighted by atomic mass is 10.0. The van der Waals surface area contributed by atoms with Crippen LogP contribution < -0.4 is 5.32 Å². The Bertz CT molecular complexity index is 549. The van der Waals surface area contributed by atoms with Gasteiger partial charge in [0.05, 0.1) is 5.25 Å². The zero-order chi connectivity index (χ0) is 18.0. The van der Waals surface area contributed by atoms with E-state index in [0.29, 0.717) is 6.42 Å². The van der Waals surface area contributed by atoms with Gasteiger partial charge in [-0.05, 0) is 46.0 Å². The predicted octanol–water partition coefficient (Wildman–Crippen LogP) is 1.53. The topological polar surface area (TPSA) is 110 Å². The van der Waals surface area contributed by atoms with Crippen molar-refractivity contribution in [1.29, 1.82) is 0 Å². The van der Waals surface area contributed by atoms with E-state index in [1.165, 1.54) is 0 Å². The molecule has 2 unspecified atom stereocenters. The molecule has 1 rings (SSSR count). The van der Waals surface area contributed by atoms with Crippen LogP contribution in [0.25, 0.3) is 0 Å². The Hall–Kier alpha value is -1.15. The van der Waals surface area contributed by atoms with E-state index in [0.717, 1.165) is 0 Å². The first-order valence-corrected chi connectivity index (χ1v) is 9.31. The van der Waals surface area contributed by atoms with Gasteiger partial charge in [0.15, 0.2) is 0 Å². The molecular weight excluding hydrogens is 322 g/mol. The number of hydrogen-bond donors (Lipinski definition) is 2. The summed E-state index contributed by atoms with van der Waals surface area (Å²) < 4.78 is 36.7. The maximum Gasteiger partial charge on any atom is 0.329 e. The van der Waals surface area contributed by atoms with Crippen molar-refractivity contribution in [2.24, 2.45) is 11.8 Å². The van der Waals surface area contributed by atoms with Crippen LogP contribution in [0, 0.1) is 11.8 Å². The Labute approximate surface area is 137 Å². The molecule has 1 aliphatic carbocycles. The highest BCUT2D eigenvalue weighted by atomic mass is 32.2. The quantitative estimate of drug-likeness (QED) is 0.575. The van der Waals surface area contributed by atoms with Crippen molar-refractivity contribution in [2.75, 3.05) is 0 Å². The second-order valence-electron chi connectivity index (χ2n) is 7.41. The van der Waals surface area contributed by atoms with Gasteiger partial charge in [0.1, 0.15) is 11.6 Å². The fraction of sp³-hybridized carbons (Fsp3) is 0.867. The van der Waals surface area contributed by atoms with Crippen LogP contribution in [0.4, 0.5) is 0 Å². The van der Waals surface area contributed by atoms with Gasteiger partial charge in [-0.3, -0.25) is 9.35 Å². The molecule has 1 fully saturated rings. The molecule has 3 atom stereocenters. The fourth-order valence-electron chi connectivity index (χ4n) is 2.58.